The minimum Gasteiger partial charge on any atom is -0.381 e. The van der Waals surface area contributed by atoms with E-state index in [-0.39, 0.29) is 0 Å². The number of anilines is 1. The van der Waals surface area contributed by atoms with E-state index in [9.17, 15) is 0 Å². The molecular formula is C14H12Cl2IN. The van der Waals surface area contributed by atoms with Gasteiger partial charge in [-0.2, -0.15) is 0 Å². The smallest absolute Gasteiger partial charge is 0.0424 e. The van der Waals surface area contributed by atoms with E-state index in [2.05, 4.69) is 53.0 Å². The highest BCUT2D eigenvalue weighted by atomic mass is 127. The van der Waals surface area contributed by atoms with E-state index < -0.39 is 0 Å². The van der Waals surface area contributed by atoms with Crippen LogP contribution in [-0.4, -0.2) is 0 Å². The van der Waals surface area contributed by atoms with Crippen molar-refractivity contribution in [1.29, 1.82) is 0 Å². The van der Waals surface area contributed by atoms with Crippen molar-refractivity contribution in [2.24, 2.45) is 0 Å². The number of benzene rings is 2. The van der Waals surface area contributed by atoms with E-state index >= 15 is 0 Å². The first kappa shape index (κ1) is 14.0. The molecular weight excluding hydrogens is 380 g/mol. The number of halogens is 3. The molecule has 0 heterocycles. The van der Waals surface area contributed by atoms with Gasteiger partial charge in [0.05, 0.1) is 0 Å². The van der Waals surface area contributed by atoms with Crippen LogP contribution in [0.25, 0.3) is 0 Å². The summed E-state index contributed by atoms with van der Waals surface area (Å²) in [6.45, 7) is 2.81. The predicted octanol–water partition coefficient (Wildman–Crippen LogP) is 5.52. The lowest BCUT2D eigenvalue weighted by Gasteiger charge is -2.09. The number of hydrogen-bond acceptors (Lipinski definition) is 1. The van der Waals surface area contributed by atoms with Gasteiger partial charge in [-0.25, -0.2) is 0 Å². The van der Waals surface area contributed by atoms with Crippen molar-refractivity contribution in [3.63, 3.8) is 0 Å². The zero-order valence-electron chi connectivity index (χ0n) is 9.81. The molecule has 0 saturated heterocycles. The lowest BCUT2D eigenvalue weighted by atomic mass is 10.2. The Morgan fingerprint density at radius 2 is 1.72 bits per heavy atom. The molecule has 0 saturated carbocycles. The first-order valence-electron chi connectivity index (χ1n) is 5.49. The third-order valence-corrected chi connectivity index (χ3v) is 4.19. The molecule has 0 fully saturated rings. The van der Waals surface area contributed by atoms with Crippen LogP contribution in [0.5, 0.6) is 0 Å². The van der Waals surface area contributed by atoms with Crippen molar-refractivity contribution in [3.8, 4) is 0 Å². The Balaban J connectivity index is 2.08. The summed E-state index contributed by atoms with van der Waals surface area (Å²) in [6, 6.07) is 11.9. The Kier molecular flexibility index (Phi) is 4.76. The summed E-state index contributed by atoms with van der Waals surface area (Å²) in [5.41, 5.74) is 3.45. The summed E-state index contributed by atoms with van der Waals surface area (Å²) < 4.78 is 1.25. The Hall–Kier alpha value is -0.450. The Morgan fingerprint density at radius 1 is 1.06 bits per heavy atom. The second kappa shape index (κ2) is 6.13. The normalized spacial score (nSPS) is 10.4. The minimum absolute atomic E-state index is 0.665. The summed E-state index contributed by atoms with van der Waals surface area (Å²) in [5.74, 6) is 0. The van der Waals surface area contributed by atoms with E-state index in [0.717, 1.165) is 11.3 Å². The van der Waals surface area contributed by atoms with Gasteiger partial charge in [-0.1, -0.05) is 29.3 Å². The average Bonchev–Trinajstić information content (AvgIpc) is 2.29. The first-order valence-corrected chi connectivity index (χ1v) is 7.33. The zero-order chi connectivity index (χ0) is 13.1. The fraction of sp³-hybridized carbons (Fsp3) is 0.143. The van der Waals surface area contributed by atoms with Gasteiger partial charge < -0.3 is 5.32 Å². The maximum Gasteiger partial charge on any atom is 0.0424 e. The SMILES string of the molecule is Cc1ccc(NCc2cc(Cl)cc(Cl)c2)cc1I. The fourth-order valence-corrected chi connectivity index (χ4v) is 2.71. The molecule has 0 unspecified atom stereocenters. The van der Waals surface area contributed by atoms with E-state index in [4.69, 9.17) is 23.2 Å². The van der Waals surface area contributed by atoms with Crippen LogP contribution in [0, 0.1) is 10.5 Å². The third-order valence-electron chi connectivity index (χ3n) is 2.59. The van der Waals surface area contributed by atoms with Crippen molar-refractivity contribution in [2.75, 3.05) is 5.32 Å². The number of aryl methyl sites for hydroxylation is 1. The van der Waals surface area contributed by atoms with E-state index in [1.54, 1.807) is 6.07 Å². The van der Waals surface area contributed by atoms with Gasteiger partial charge in [-0.3, -0.25) is 0 Å². The van der Waals surface area contributed by atoms with Gasteiger partial charge in [-0.05, 0) is 71.0 Å². The van der Waals surface area contributed by atoms with Crippen LogP contribution in [0.15, 0.2) is 36.4 Å². The highest BCUT2D eigenvalue weighted by Gasteiger charge is 2.00. The fourth-order valence-electron chi connectivity index (χ4n) is 1.62. The van der Waals surface area contributed by atoms with Gasteiger partial charge in [-0.15, -0.1) is 0 Å². The van der Waals surface area contributed by atoms with E-state index in [1.165, 1.54) is 9.13 Å². The average molecular weight is 392 g/mol. The monoisotopic (exact) mass is 391 g/mol. The summed E-state index contributed by atoms with van der Waals surface area (Å²) >= 11 is 14.3. The summed E-state index contributed by atoms with van der Waals surface area (Å²) in [5, 5.41) is 4.69. The quantitative estimate of drug-likeness (QED) is 0.679. The lowest BCUT2D eigenvalue weighted by molar-refractivity contribution is 1.15. The second-order valence-electron chi connectivity index (χ2n) is 4.10. The van der Waals surface area contributed by atoms with Crippen LogP contribution < -0.4 is 5.32 Å². The molecule has 2 rings (SSSR count). The first-order chi connectivity index (χ1) is 8.54. The van der Waals surface area contributed by atoms with Crippen LogP contribution in [-0.2, 0) is 6.54 Å². The molecule has 0 aliphatic rings. The number of rotatable bonds is 3. The maximum absolute atomic E-state index is 5.96. The van der Waals surface area contributed by atoms with Crippen molar-refractivity contribution >= 4 is 51.5 Å². The molecule has 94 valence electrons. The van der Waals surface area contributed by atoms with Crippen LogP contribution in [0.3, 0.4) is 0 Å². The number of nitrogens with one attached hydrogen (secondary N) is 1. The molecule has 1 N–H and O–H groups in total. The standard InChI is InChI=1S/C14H12Cl2IN/c1-9-2-3-13(7-14(9)17)18-8-10-4-11(15)6-12(16)5-10/h2-7,18H,8H2,1H3. The minimum atomic E-state index is 0.665. The van der Waals surface area contributed by atoms with E-state index in [1.807, 2.05) is 12.1 Å². The van der Waals surface area contributed by atoms with Gasteiger partial charge in [0.25, 0.3) is 0 Å². The topological polar surface area (TPSA) is 12.0 Å². The second-order valence-corrected chi connectivity index (χ2v) is 6.13. The van der Waals surface area contributed by atoms with Gasteiger partial charge in [0.15, 0.2) is 0 Å². The largest absolute Gasteiger partial charge is 0.381 e. The van der Waals surface area contributed by atoms with Crippen molar-refractivity contribution in [1.82, 2.24) is 0 Å². The van der Waals surface area contributed by atoms with Gasteiger partial charge in [0.1, 0.15) is 0 Å². The predicted molar refractivity (Wildman–Crippen MR) is 87.7 cm³/mol. The lowest BCUT2D eigenvalue weighted by Crippen LogP contribution is -2.00. The molecule has 0 radical (unpaired) electrons. The Bertz CT molecular complexity index is 549. The molecule has 2 aromatic carbocycles. The van der Waals surface area contributed by atoms with Crippen molar-refractivity contribution in [2.45, 2.75) is 13.5 Å². The Labute approximate surface area is 131 Å². The summed E-state index contributed by atoms with van der Waals surface area (Å²) in [4.78, 5) is 0. The Morgan fingerprint density at radius 3 is 2.33 bits per heavy atom. The zero-order valence-corrected chi connectivity index (χ0v) is 13.5. The van der Waals surface area contributed by atoms with Gasteiger partial charge in [0, 0.05) is 25.8 Å². The third kappa shape index (κ3) is 3.77. The summed E-state index contributed by atoms with van der Waals surface area (Å²) in [7, 11) is 0. The van der Waals surface area contributed by atoms with E-state index in [0.29, 0.717) is 16.6 Å². The molecule has 0 amide bonds. The molecule has 18 heavy (non-hydrogen) atoms. The van der Waals surface area contributed by atoms with Gasteiger partial charge >= 0.3 is 0 Å². The molecule has 0 aliphatic carbocycles. The van der Waals surface area contributed by atoms with Crippen LogP contribution in [0.4, 0.5) is 5.69 Å². The summed E-state index contributed by atoms with van der Waals surface area (Å²) in [6.07, 6.45) is 0. The van der Waals surface area contributed by atoms with Crippen LogP contribution >= 0.6 is 45.8 Å². The molecule has 0 aromatic heterocycles. The van der Waals surface area contributed by atoms with Gasteiger partial charge in [0.2, 0.25) is 0 Å². The number of hydrogen-bond donors (Lipinski definition) is 1. The maximum atomic E-state index is 5.96. The molecule has 1 nitrogen and oxygen atoms in total. The highest BCUT2D eigenvalue weighted by Crippen LogP contribution is 2.21. The van der Waals surface area contributed by atoms with Crippen molar-refractivity contribution < 1.29 is 0 Å². The highest BCUT2D eigenvalue weighted by molar-refractivity contribution is 14.1. The van der Waals surface area contributed by atoms with Crippen molar-refractivity contribution in [3.05, 3.63) is 61.1 Å². The molecule has 0 atom stereocenters. The molecule has 0 spiro atoms. The molecule has 2 aromatic rings. The molecule has 4 heteroatoms. The van der Waals surface area contributed by atoms with Crippen LogP contribution in [0.2, 0.25) is 10.0 Å². The molecule has 0 bridgehead atoms. The molecule has 0 aliphatic heterocycles. The van der Waals surface area contributed by atoms with Crippen LogP contribution in [0.1, 0.15) is 11.1 Å².